The van der Waals surface area contributed by atoms with Gasteiger partial charge in [-0.2, -0.15) is 0 Å². The summed E-state index contributed by atoms with van der Waals surface area (Å²) in [6.07, 6.45) is -0.398. The molecule has 4 radical (unpaired) electrons. The third-order valence-electron chi connectivity index (χ3n) is 1.45. The summed E-state index contributed by atoms with van der Waals surface area (Å²) in [6.45, 7) is 8.75. The molecule has 17 heavy (non-hydrogen) atoms. The van der Waals surface area contributed by atoms with Gasteiger partial charge in [-0.15, -0.1) is 0 Å². The van der Waals surface area contributed by atoms with E-state index in [0.29, 0.717) is 0 Å². The summed E-state index contributed by atoms with van der Waals surface area (Å²) >= 11 is 0. The molecule has 0 saturated heterocycles. The van der Waals surface area contributed by atoms with Crippen LogP contribution < -0.4 is 29.6 Å². The fourth-order valence-electron chi connectivity index (χ4n) is 0.817. The molecule has 0 rings (SSSR count). The molecule has 0 aromatic heterocycles. The smallest absolute Gasteiger partial charge is 0.747 e. The predicted molar refractivity (Wildman–Crippen MR) is 49.6 cm³/mol. The maximum absolute atomic E-state index is 11.1. The number of esters is 1. The summed E-state index contributed by atoms with van der Waals surface area (Å²) in [5, 5.41) is -1.86. The van der Waals surface area contributed by atoms with Gasteiger partial charge in [-0.25, -0.2) is 18.2 Å². The van der Waals surface area contributed by atoms with Crippen molar-refractivity contribution >= 4 is 16.1 Å². The molecule has 0 aliphatic heterocycles. The maximum Gasteiger partial charge on any atom is 1.00 e. The Morgan fingerprint density at radius 1 is 1.24 bits per heavy atom. The van der Waals surface area contributed by atoms with E-state index in [1.165, 1.54) is 0 Å². The van der Waals surface area contributed by atoms with Crippen molar-refractivity contribution in [3.05, 3.63) is 13.8 Å². The number of rotatable bonds is 8. The van der Waals surface area contributed by atoms with Crippen molar-refractivity contribution in [2.24, 2.45) is 0 Å². The first-order valence-corrected chi connectivity index (χ1v) is 5.66. The molecule has 0 bridgehead atoms. The minimum atomic E-state index is -4.82. The number of carbonyl (C=O) groups excluding carboxylic acids is 1. The molecule has 92 valence electrons. The number of hydrogen-bond donors (Lipinski definition) is 0. The molecule has 0 aromatic rings. The monoisotopic (exact) mass is 274 g/mol. The molecule has 1 unspecified atom stereocenters. The minimum Gasteiger partial charge on any atom is -0.747 e. The van der Waals surface area contributed by atoms with Gasteiger partial charge < -0.3 is 9.29 Å². The second kappa shape index (κ2) is 10.2. The Morgan fingerprint density at radius 2 is 1.82 bits per heavy atom. The molecule has 0 saturated carbocycles. The van der Waals surface area contributed by atoms with E-state index >= 15 is 0 Å². The molecule has 0 aromatic carbocycles. The molecule has 0 aliphatic rings. The molecular formula is C8H11NaO7S. The van der Waals surface area contributed by atoms with Crippen LogP contribution in [0.3, 0.4) is 0 Å². The Bertz CT molecular complexity index is 303. The first-order chi connectivity index (χ1) is 7.43. The van der Waals surface area contributed by atoms with Gasteiger partial charge in [0.2, 0.25) is 0 Å². The average Bonchev–Trinajstić information content (AvgIpc) is 2.16. The van der Waals surface area contributed by atoms with Crippen LogP contribution in [-0.4, -0.2) is 44.0 Å². The van der Waals surface area contributed by atoms with Crippen molar-refractivity contribution in [3.63, 3.8) is 0 Å². The first kappa shape index (κ1) is 19.6. The maximum atomic E-state index is 11.1. The van der Waals surface area contributed by atoms with E-state index in [1.54, 1.807) is 0 Å². The van der Waals surface area contributed by atoms with Crippen molar-refractivity contribution in [2.45, 2.75) is 11.7 Å². The molecule has 0 spiro atoms. The molecule has 9 heteroatoms. The summed E-state index contributed by atoms with van der Waals surface area (Å²) in [4.78, 5) is 19.7. The van der Waals surface area contributed by atoms with Gasteiger partial charge in [-0.05, 0) is 6.92 Å². The van der Waals surface area contributed by atoms with Crippen LogP contribution in [0.5, 0.6) is 0 Å². The van der Waals surface area contributed by atoms with Gasteiger partial charge in [0.1, 0.15) is 15.4 Å². The topological polar surface area (TPSA) is 102 Å². The van der Waals surface area contributed by atoms with Gasteiger partial charge >= 0.3 is 35.5 Å². The summed E-state index contributed by atoms with van der Waals surface area (Å²) in [5.74, 6) is -1.21. The van der Waals surface area contributed by atoms with Crippen LogP contribution in [0.1, 0.15) is 6.42 Å². The van der Waals surface area contributed by atoms with Crippen molar-refractivity contribution in [2.75, 3.05) is 19.8 Å². The Labute approximate surface area is 123 Å². The van der Waals surface area contributed by atoms with E-state index in [1.807, 2.05) is 0 Å². The largest absolute Gasteiger partial charge is 1.00 e. The van der Waals surface area contributed by atoms with E-state index in [9.17, 15) is 17.8 Å². The van der Waals surface area contributed by atoms with Gasteiger partial charge in [0.15, 0.2) is 0 Å². The summed E-state index contributed by atoms with van der Waals surface area (Å²) in [6, 6.07) is 0. The molecule has 1 atom stereocenters. The van der Waals surface area contributed by atoms with Crippen LogP contribution >= 0.6 is 0 Å². The summed E-state index contributed by atoms with van der Waals surface area (Å²) in [5.41, 5.74) is 0. The van der Waals surface area contributed by atoms with Gasteiger partial charge in [-0.3, -0.25) is 4.79 Å². The molecule has 0 heterocycles. The molecule has 7 nitrogen and oxygen atoms in total. The zero-order valence-corrected chi connectivity index (χ0v) is 12.1. The van der Waals surface area contributed by atoms with Crippen molar-refractivity contribution in [3.8, 4) is 0 Å². The van der Waals surface area contributed by atoms with Crippen LogP contribution in [0.4, 0.5) is 0 Å². The van der Waals surface area contributed by atoms with Crippen LogP contribution in [0.15, 0.2) is 0 Å². The first-order valence-electron chi connectivity index (χ1n) is 4.19. The van der Waals surface area contributed by atoms with Gasteiger partial charge in [-0.1, -0.05) is 0 Å². The van der Waals surface area contributed by atoms with Crippen LogP contribution in [0, 0.1) is 13.8 Å². The SMILES string of the molecule is [CH]COOCCC(C(=O)OC[CH])S(=O)(=O)[O-].[Na+]. The third kappa shape index (κ3) is 8.95. The number of ether oxygens (including phenoxy) is 1. The summed E-state index contributed by atoms with van der Waals surface area (Å²) in [7, 11) is -4.82. The Hall–Kier alpha value is 0.300. The summed E-state index contributed by atoms with van der Waals surface area (Å²) < 4.78 is 36.3. The predicted octanol–water partition coefficient (Wildman–Crippen LogP) is -3.79. The van der Waals surface area contributed by atoms with E-state index < -0.39 is 34.4 Å². The molecule has 0 N–H and O–H groups in total. The van der Waals surface area contributed by atoms with Crippen LogP contribution in [0.25, 0.3) is 0 Å². The Morgan fingerprint density at radius 3 is 2.24 bits per heavy atom. The van der Waals surface area contributed by atoms with E-state index in [0.717, 1.165) is 0 Å². The average molecular weight is 274 g/mol. The minimum absolute atomic E-state index is 0. The zero-order chi connectivity index (χ0) is 12.6. The van der Waals surface area contributed by atoms with Crippen LogP contribution in [0.2, 0.25) is 0 Å². The van der Waals surface area contributed by atoms with Crippen molar-refractivity contribution in [1.29, 1.82) is 0 Å². The van der Waals surface area contributed by atoms with E-state index in [4.69, 9.17) is 13.8 Å². The molecule has 0 aliphatic carbocycles. The standard InChI is InChI=1S/C8H12O7S.Na/c1-3-13-8(9)7(16(10,11)12)5-6-15-14-4-2;/h1-2,7H,3-6H2,(H,10,11,12);/q;+1/p-1. The van der Waals surface area contributed by atoms with Crippen molar-refractivity contribution in [1.82, 2.24) is 0 Å². The zero-order valence-electron chi connectivity index (χ0n) is 9.33. The van der Waals surface area contributed by atoms with Gasteiger partial charge in [0, 0.05) is 13.3 Å². The quantitative estimate of drug-likeness (QED) is 0.112. The fraction of sp³-hybridized carbons (Fsp3) is 0.625. The van der Waals surface area contributed by atoms with E-state index in [-0.39, 0.29) is 42.8 Å². The number of hydrogen-bond acceptors (Lipinski definition) is 7. The van der Waals surface area contributed by atoms with Crippen LogP contribution in [-0.2, 0) is 29.4 Å². The van der Waals surface area contributed by atoms with E-state index in [2.05, 4.69) is 14.5 Å². The molecular weight excluding hydrogens is 263 g/mol. The van der Waals surface area contributed by atoms with Gasteiger partial charge in [0.25, 0.3) is 0 Å². The molecule has 0 amide bonds. The van der Waals surface area contributed by atoms with Crippen molar-refractivity contribution < 1.29 is 61.8 Å². The fourth-order valence-corrected chi connectivity index (χ4v) is 1.51. The Kier molecular flexibility index (Phi) is 11.8. The Balaban J connectivity index is 0. The second-order valence-electron chi connectivity index (χ2n) is 2.51. The normalized spacial score (nSPS) is 12.6. The number of carbonyl (C=O) groups is 1. The third-order valence-corrected chi connectivity index (χ3v) is 2.58. The second-order valence-corrected chi connectivity index (χ2v) is 4.06. The molecule has 0 fully saturated rings. The van der Waals surface area contributed by atoms with Gasteiger partial charge in [0.05, 0.1) is 19.8 Å².